The van der Waals surface area contributed by atoms with Crippen molar-refractivity contribution in [2.45, 2.75) is 57.4 Å². The third-order valence-electron chi connectivity index (χ3n) is 4.87. The summed E-state index contributed by atoms with van der Waals surface area (Å²) in [5.41, 5.74) is 1.15. The minimum absolute atomic E-state index is 0.229. The smallest absolute Gasteiger partial charge is 0.240 e. The molecule has 0 radical (unpaired) electrons. The van der Waals surface area contributed by atoms with Gasteiger partial charge in [0, 0.05) is 12.6 Å². The van der Waals surface area contributed by atoms with E-state index in [0.717, 1.165) is 24.6 Å². The zero-order valence-electron chi connectivity index (χ0n) is 14.7. The molecule has 4 nitrogen and oxygen atoms in total. The van der Waals surface area contributed by atoms with Gasteiger partial charge in [0.05, 0.1) is 4.90 Å². The molecule has 0 spiro atoms. The highest BCUT2D eigenvalue weighted by atomic mass is 32.2. The van der Waals surface area contributed by atoms with Crippen molar-refractivity contribution in [3.63, 3.8) is 0 Å². The lowest BCUT2D eigenvalue weighted by Gasteiger charge is -2.34. The highest BCUT2D eigenvalue weighted by molar-refractivity contribution is 7.89. The van der Waals surface area contributed by atoms with E-state index in [1.54, 1.807) is 12.1 Å². The van der Waals surface area contributed by atoms with Gasteiger partial charge in [-0.15, -0.1) is 0 Å². The molecule has 0 aliphatic carbocycles. The number of hydrogen-bond donors (Lipinski definition) is 1. The molecule has 1 fully saturated rings. The molecule has 1 atom stereocenters. The average molecular weight is 339 g/mol. The Bertz CT molecular complexity index is 588. The summed E-state index contributed by atoms with van der Waals surface area (Å²) in [7, 11) is -3.42. The minimum atomic E-state index is -3.42. The molecule has 5 heteroatoms. The van der Waals surface area contributed by atoms with Crippen LogP contribution in [0.2, 0.25) is 0 Å². The molecule has 2 rings (SSSR count). The Kier molecular flexibility index (Phi) is 6.23. The molecular weight excluding hydrogens is 308 g/mol. The van der Waals surface area contributed by atoms with Crippen LogP contribution in [-0.2, 0) is 10.0 Å². The number of nitrogens with one attached hydrogen (secondary N) is 1. The summed E-state index contributed by atoms with van der Waals surface area (Å²) in [6.45, 7) is 11.2. The average Bonchev–Trinajstić information content (AvgIpc) is 2.53. The summed E-state index contributed by atoms with van der Waals surface area (Å²) in [6, 6.07) is 7.42. The summed E-state index contributed by atoms with van der Waals surface area (Å²) in [5.74, 6) is 1.19. The monoisotopic (exact) mass is 338 g/mol. The molecule has 1 aromatic rings. The van der Waals surface area contributed by atoms with E-state index in [-0.39, 0.29) is 6.04 Å². The van der Waals surface area contributed by atoms with Crippen LogP contribution in [0.15, 0.2) is 29.2 Å². The van der Waals surface area contributed by atoms with Crippen molar-refractivity contribution in [2.24, 2.45) is 5.92 Å². The SMILES string of the molecule is CC1CCN(C(C)CNS(=O)(=O)c2ccc(C(C)C)cc2)CC1. The van der Waals surface area contributed by atoms with Gasteiger partial charge in [-0.1, -0.05) is 32.9 Å². The van der Waals surface area contributed by atoms with Crippen molar-refractivity contribution >= 4 is 10.0 Å². The van der Waals surface area contributed by atoms with Crippen LogP contribution < -0.4 is 4.72 Å². The fraction of sp³-hybridized carbons (Fsp3) is 0.667. The fourth-order valence-electron chi connectivity index (χ4n) is 2.94. The first-order valence-electron chi connectivity index (χ1n) is 8.63. The molecule has 1 unspecified atom stereocenters. The summed E-state index contributed by atoms with van der Waals surface area (Å²) >= 11 is 0. The molecule has 130 valence electrons. The topological polar surface area (TPSA) is 49.4 Å². The largest absolute Gasteiger partial charge is 0.299 e. The Balaban J connectivity index is 1.93. The quantitative estimate of drug-likeness (QED) is 0.866. The van der Waals surface area contributed by atoms with Crippen LogP contribution in [-0.4, -0.2) is 39.0 Å². The third kappa shape index (κ3) is 5.03. The van der Waals surface area contributed by atoms with E-state index in [1.165, 1.54) is 12.8 Å². The number of likely N-dealkylation sites (tertiary alicyclic amines) is 1. The van der Waals surface area contributed by atoms with Crippen LogP contribution >= 0.6 is 0 Å². The second kappa shape index (κ2) is 7.77. The number of rotatable bonds is 6. The Morgan fingerprint density at radius 2 is 1.70 bits per heavy atom. The van der Waals surface area contributed by atoms with Gasteiger partial charge in [-0.05, 0) is 62.4 Å². The molecule has 1 aliphatic rings. The molecule has 0 aromatic heterocycles. The zero-order chi connectivity index (χ0) is 17.0. The van der Waals surface area contributed by atoms with Crippen molar-refractivity contribution in [2.75, 3.05) is 19.6 Å². The van der Waals surface area contributed by atoms with Gasteiger partial charge in [0.2, 0.25) is 10.0 Å². The minimum Gasteiger partial charge on any atom is -0.299 e. The highest BCUT2D eigenvalue weighted by Gasteiger charge is 2.22. The van der Waals surface area contributed by atoms with Gasteiger partial charge >= 0.3 is 0 Å². The zero-order valence-corrected chi connectivity index (χ0v) is 15.6. The Morgan fingerprint density at radius 3 is 2.22 bits per heavy atom. The first-order chi connectivity index (χ1) is 10.8. The lowest BCUT2D eigenvalue weighted by molar-refractivity contribution is 0.148. The Labute approximate surface area is 141 Å². The molecule has 1 aromatic carbocycles. The lowest BCUT2D eigenvalue weighted by atomic mass is 9.98. The Morgan fingerprint density at radius 1 is 1.13 bits per heavy atom. The first kappa shape index (κ1) is 18.4. The second-order valence-corrected chi connectivity index (χ2v) is 8.91. The molecule has 0 bridgehead atoms. The summed E-state index contributed by atoms with van der Waals surface area (Å²) in [5, 5.41) is 0. The van der Waals surface area contributed by atoms with Crippen molar-refractivity contribution < 1.29 is 8.42 Å². The predicted octanol–water partition coefficient (Wildman–Crippen LogP) is 3.21. The lowest BCUT2D eigenvalue weighted by Crippen LogP contribution is -2.45. The molecule has 1 aliphatic heterocycles. The van der Waals surface area contributed by atoms with E-state index in [0.29, 0.717) is 17.4 Å². The van der Waals surface area contributed by atoms with Crippen LogP contribution in [0.4, 0.5) is 0 Å². The highest BCUT2D eigenvalue weighted by Crippen LogP contribution is 2.19. The normalized spacial score (nSPS) is 19.2. The molecule has 0 saturated carbocycles. The molecule has 23 heavy (non-hydrogen) atoms. The van der Waals surface area contributed by atoms with E-state index in [9.17, 15) is 8.42 Å². The van der Waals surface area contributed by atoms with Crippen LogP contribution in [0.5, 0.6) is 0 Å². The van der Waals surface area contributed by atoms with Gasteiger partial charge in [-0.2, -0.15) is 0 Å². The van der Waals surface area contributed by atoms with Crippen molar-refractivity contribution in [3.05, 3.63) is 29.8 Å². The van der Waals surface area contributed by atoms with Crippen molar-refractivity contribution in [1.82, 2.24) is 9.62 Å². The van der Waals surface area contributed by atoms with Crippen LogP contribution in [0.1, 0.15) is 52.0 Å². The van der Waals surface area contributed by atoms with Gasteiger partial charge in [0.25, 0.3) is 0 Å². The molecule has 0 amide bonds. The van der Waals surface area contributed by atoms with Crippen LogP contribution in [0.25, 0.3) is 0 Å². The van der Waals surface area contributed by atoms with E-state index in [1.807, 2.05) is 12.1 Å². The Hall–Kier alpha value is -0.910. The molecule has 1 saturated heterocycles. The fourth-order valence-corrected chi connectivity index (χ4v) is 4.07. The van der Waals surface area contributed by atoms with Crippen molar-refractivity contribution in [1.29, 1.82) is 0 Å². The number of benzene rings is 1. The summed E-state index contributed by atoms with van der Waals surface area (Å²) in [6.07, 6.45) is 2.40. The van der Waals surface area contributed by atoms with E-state index >= 15 is 0 Å². The van der Waals surface area contributed by atoms with Gasteiger partial charge in [0.1, 0.15) is 0 Å². The molecule has 1 N–H and O–H groups in total. The van der Waals surface area contributed by atoms with Crippen LogP contribution in [0.3, 0.4) is 0 Å². The summed E-state index contributed by atoms with van der Waals surface area (Å²) < 4.78 is 27.6. The standard InChI is InChI=1S/C18H30N2O2S/c1-14(2)17-5-7-18(8-6-17)23(21,22)19-13-16(4)20-11-9-15(3)10-12-20/h5-8,14-16,19H,9-13H2,1-4H3. The van der Waals surface area contributed by atoms with Gasteiger partial charge < -0.3 is 0 Å². The van der Waals surface area contributed by atoms with E-state index < -0.39 is 10.0 Å². The maximum absolute atomic E-state index is 12.4. The summed E-state index contributed by atoms with van der Waals surface area (Å²) in [4.78, 5) is 2.73. The van der Waals surface area contributed by atoms with Gasteiger partial charge in [0.15, 0.2) is 0 Å². The van der Waals surface area contributed by atoms with E-state index in [4.69, 9.17) is 0 Å². The number of hydrogen-bond acceptors (Lipinski definition) is 3. The third-order valence-corrected chi connectivity index (χ3v) is 6.31. The molecule has 1 heterocycles. The molecular formula is C18H30N2O2S. The van der Waals surface area contributed by atoms with Crippen LogP contribution in [0, 0.1) is 5.92 Å². The van der Waals surface area contributed by atoms with Gasteiger partial charge in [-0.25, -0.2) is 13.1 Å². The van der Waals surface area contributed by atoms with Gasteiger partial charge in [-0.3, -0.25) is 4.90 Å². The maximum Gasteiger partial charge on any atom is 0.240 e. The number of piperidine rings is 1. The maximum atomic E-state index is 12.4. The predicted molar refractivity (Wildman–Crippen MR) is 95.2 cm³/mol. The van der Waals surface area contributed by atoms with Crippen molar-refractivity contribution in [3.8, 4) is 0 Å². The second-order valence-electron chi connectivity index (χ2n) is 7.14. The first-order valence-corrected chi connectivity index (χ1v) is 10.1. The van der Waals surface area contributed by atoms with E-state index in [2.05, 4.69) is 37.3 Å². The number of sulfonamides is 1. The number of nitrogens with zero attached hydrogens (tertiary/aromatic N) is 1.